The van der Waals surface area contributed by atoms with Crippen molar-refractivity contribution < 1.29 is 4.79 Å². The van der Waals surface area contributed by atoms with Crippen LogP contribution in [0.3, 0.4) is 0 Å². The molecule has 0 saturated carbocycles. The monoisotopic (exact) mass is 415 g/mol. The van der Waals surface area contributed by atoms with Crippen LogP contribution in [0.1, 0.15) is 16.9 Å². The van der Waals surface area contributed by atoms with E-state index < -0.39 is 0 Å². The minimum absolute atomic E-state index is 0.240. The van der Waals surface area contributed by atoms with Crippen molar-refractivity contribution in [2.75, 3.05) is 31.9 Å². The zero-order valence-corrected chi connectivity index (χ0v) is 17.3. The normalized spacial score (nSPS) is 11.0. The average molecular weight is 416 g/mol. The number of para-hydroxylation sites is 2. The van der Waals surface area contributed by atoms with Crippen molar-refractivity contribution in [2.24, 2.45) is 0 Å². The first-order valence-electron chi connectivity index (χ1n) is 8.91. The molecule has 0 unspecified atom stereocenters. The highest BCUT2D eigenvalue weighted by Gasteiger charge is 2.16. The lowest BCUT2D eigenvalue weighted by Gasteiger charge is -2.12. The van der Waals surface area contributed by atoms with Gasteiger partial charge in [0.15, 0.2) is 11.5 Å². The third kappa shape index (κ3) is 5.58. The van der Waals surface area contributed by atoms with E-state index in [1.54, 1.807) is 0 Å². The van der Waals surface area contributed by atoms with Gasteiger partial charge in [0.1, 0.15) is 0 Å². The second-order valence-electron chi connectivity index (χ2n) is 6.48. The summed E-state index contributed by atoms with van der Waals surface area (Å²) in [4.78, 5) is 24.9. The predicted octanol–water partition coefficient (Wildman–Crippen LogP) is 4.08. The van der Waals surface area contributed by atoms with Gasteiger partial charge in [-0.25, -0.2) is 9.97 Å². The Morgan fingerprint density at radius 2 is 1.75 bits per heavy atom. The Hall–Kier alpha value is -2.35. The zero-order chi connectivity index (χ0) is 19.9. The molecule has 8 heteroatoms. The van der Waals surface area contributed by atoms with Crippen molar-refractivity contribution >= 4 is 46.3 Å². The molecule has 146 valence electrons. The van der Waals surface area contributed by atoms with Crippen molar-refractivity contribution in [1.82, 2.24) is 20.2 Å². The maximum Gasteiger partial charge on any atom is 0.273 e. The maximum absolute atomic E-state index is 12.7. The van der Waals surface area contributed by atoms with Crippen molar-refractivity contribution in [1.29, 1.82) is 0 Å². The van der Waals surface area contributed by atoms with Gasteiger partial charge in [0.25, 0.3) is 5.91 Å². The Morgan fingerprint density at radius 3 is 2.43 bits per heavy atom. The summed E-state index contributed by atoms with van der Waals surface area (Å²) in [7, 11) is 4.01. The van der Waals surface area contributed by atoms with Crippen LogP contribution >= 0.6 is 23.5 Å². The molecule has 28 heavy (non-hydrogen) atoms. The summed E-state index contributed by atoms with van der Waals surface area (Å²) >= 11 is 7.29. The van der Waals surface area contributed by atoms with Gasteiger partial charge in [-0.3, -0.25) is 4.79 Å². The van der Waals surface area contributed by atoms with Crippen molar-refractivity contribution in [3.63, 3.8) is 0 Å². The minimum atomic E-state index is -0.240. The van der Waals surface area contributed by atoms with Gasteiger partial charge in [-0.2, -0.15) is 0 Å². The molecule has 1 aromatic heterocycles. The number of halogens is 1. The largest absolute Gasteiger partial charge is 0.351 e. The summed E-state index contributed by atoms with van der Waals surface area (Å²) in [5, 5.41) is 3.60. The van der Waals surface area contributed by atoms with Crippen molar-refractivity contribution in [2.45, 2.75) is 11.3 Å². The lowest BCUT2D eigenvalue weighted by molar-refractivity contribution is 0.0948. The average Bonchev–Trinajstić information content (AvgIpc) is 2.69. The molecule has 1 amide bonds. The SMILES string of the molecule is CN(C)CCCNC(=O)c1nc2ccccc2nc1NSc1ccc(Cl)cc1. The third-order valence-electron chi connectivity index (χ3n) is 3.93. The number of hydrogen-bond acceptors (Lipinski definition) is 6. The molecule has 0 spiro atoms. The predicted molar refractivity (Wildman–Crippen MR) is 116 cm³/mol. The van der Waals surface area contributed by atoms with E-state index in [4.69, 9.17) is 11.6 Å². The van der Waals surface area contributed by atoms with Gasteiger partial charge in [-0.05, 0) is 75.4 Å². The summed E-state index contributed by atoms with van der Waals surface area (Å²) in [5.74, 6) is 0.194. The van der Waals surface area contributed by atoms with Crippen molar-refractivity contribution in [3.05, 3.63) is 59.2 Å². The molecule has 0 atom stereocenters. The second kappa shape index (κ2) is 9.73. The molecule has 3 aromatic rings. The van der Waals surface area contributed by atoms with Gasteiger partial charge in [-0.15, -0.1) is 0 Å². The molecule has 0 fully saturated rings. The van der Waals surface area contributed by atoms with E-state index in [2.05, 4.69) is 24.9 Å². The first kappa shape index (κ1) is 20.4. The quantitative estimate of drug-likeness (QED) is 0.426. The number of fused-ring (bicyclic) bond motifs is 1. The molecule has 6 nitrogen and oxygen atoms in total. The zero-order valence-electron chi connectivity index (χ0n) is 15.8. The Balaban J connectivity index is 1.79. The van der Waals surface area contributed by atoms with E-state index in [1.807, 2.05) is 62.6 Å². The first-order chi connectivity index (χ1) is 13.5. The van der Waals surface area contributed by atoms with E-state index in [-0.39, 0.29) is 11.6 Å². The van der Waals surface area contributed by atoms with Gasteiger partial charge >= 0.3 is 0 Å². The third-order valence-corrected chi connectivity index (χ3v) is 4.99. The minimum Gasteiger partial charge on any atom is -0.351 e. The molecule has 2 aromatic carbocycles. The molecule has 0 aliphatic heterocycles. The topological polar surface area (TPSA) is 70.2 Å². The fourth-order valence-corrected chi connectivity index (χ4v) is 3.28. The molecular formula is C20H22ClN5OS. The molecular weight excluding hydrogens is 394 g/mol. The number of hydrogen-bond donors (Lipinski definition) is 2. The second-order valence-corrected chi connectivity index (χ2v) is 7.80. The summed E-state index contributed by atoms with van der Waals surface area (Å²) in [6, 6.07) is 14.9. The van der Waals surface area contributed by atoms with Gasteiger partial charge in [0, 0.05) is 16.5 Å². The lowest BCUT2D eigenvalue weighted by Crippen LogP contribution is -2.28. The van der Waals surface area contributed by atoms with E-state index in [0.29, 0.717) is 22.9 Å². The summed E-state index contributed by atoms with van der Waals surface area (Å²) in [5.41, 5.74) is 1.69. The maximum atomic E-state index is 12.7. The number of aromatic nitrogens is 2. The van der Waals surface area contributed by atoms with E-state index >= 15 is 0 Å². The van der Waals surface area contributed by atoms with E-state index in [0.717, 1.165) is 23.4 Å². The Labute approximate surface area is 173 Å². The number of nitrogens with one attached hydrogen (secondary N) is 2. The highest BCUT2D eigenvalue weighted by molar-refractivity contribution is 8.00. The smallest absolute Gasteiger partial charge is 0.273 e. The van der Waals surface area contributed by atoms with Crippen molar-refractivity contribution in [3.8, 4) is 0 Å². The van der Waals surface area contributed by atoms with Crippen LogP contribution in [0.4, 0.5) is 5.82 Å². The Morgan fingerprint density at radius 1 is 1.07 bits per heavy atom. The van der Waals surface area contributed by atoms with Crippen LogP contribution in [0.2, 0.25) is 5.02 Å². The molecule has 0 bridgehead atoms. The highest BCUT2D eigenvalue weighted by atomic mass is 35.5. The van der Waals surface area contributed by atoms with Crippen LogP contribution < -0.4 is 10.0 Å². The van der Waals surface area contributed by atoms with Crippen LogP contribution in [0.5, 0.6) is 0 Å². The number of amides is 1. The highest BCUT2D eigenvalue weighted by Crippen LogP contribution is 2.25. The number of benzene rings is 2. The summed E-state index contributed by atoms with van der Waals surface area (Å²) in [6.45, 7) is 1.48. The Bertz CT molecular complexity index is 949. The molecule has 3 rings (SSSR count). The summed E-state index contributed by atoms with van der Waals surface area (Å²) in [6.07, 6.45) is 0.863. The van der Waals surface area contributed by atoms with Gasteiger partial charge < -0.3 is 14.9 Å². The van der Waals surface area contributed by atoms with Crippen LogP contribution in [-0.2, 0) is 0 Å². The molecule has 1 heterocycles. The number of rotatable bonds is 8. The van der Waals surface area contributed by atoms with Gasteiger partial charge in [-0.1, -0.05) is 23.7 Å². The number of carbonyl (C=O) groups excluding carboxylic acids is 1. The number of nitrogens with zero attached hydrogens (tertiary/aromatic N) is 3. The molecule has 0 saturated heterocycles. The number of carbonyl (C=O) groups is 1. The molecule has 2 N–H and O–H groups in total. The van der Waals surface area contributed by atoms with Crippen LogP contribution in [-0.4, -0.2) is 48.0 Å². The fraction of sp³-hybridized carbons (Fsp3) is 0.250. The number of anilines is 1. The molecule has 0 aliphatic rings. The Kier molecular flexibility index (Phi) is 7.08. The molecule has 0 aliphatic carbocycles. The van der Waals surface area contributed by atoms with Crippen LogP contribution in [0, 0.1) is 0 Å². The molecule has 0 radical (unpaired) electrons. The van der Waals surface area contributed by atoms with E-state index in [9.17, 15) is 4.79 Å². The summed E-state index contributed by atoms with van der Waals surface area (Å²) < 4.78 is 3.16. The first-order valence-corrected chi connectivity index (χ1v) is 10.1. The van der Waals surface area contributed by atoms with Gasteiger partial charge in [0.05, 0.1) is 11.0 Å². The van der Waals surface area contributed by atoms with Crippen LogP contribution in [0.15, 0.2) is 53.4 Å². The fourth-order valence-electron chi connectivity index (χ4n) is 2.52. The standard InChI is InChI=1S/C20H22ClN5OS/c1-26(2)13-5-12-22-20(27)18-19(24-17-7-4-3-6-16(17)23-18)25-28-15-10-8-14(21)9-11-15/h3-4,6-11H,5,12-13H2,1-2H3,(H,22,27)(H,24,25). The van der Waals surface area contributed by atoms with Crippen LogP contribution in [0.25, 0.3) is 11.0 Å². The lowest BCUT2D eigenvalue weighted by atomic mass is 10.2. The van der Waals surface area contributed by atoms with Gasteiger partial charge in [0.2, 0.25) is 0 Å². The van der Waals surface area contributed by atoms with E-state index in [1.165, 1.54) is 11.9 Å².